The second-order valence-corrected chi connectivity index (χ2v) is 18.4. The molecule has 5 unspecified atom stereocenters. The Balaban J connectivity index is 2.45. The van der Waals surface area contributed by atoms with Gasteiger partial charge < -0.3 is 19.7 Å². The predicted octanol–water partition coefficient (Wildman–Crippen LogP) is 11.2. The van der Waals surface area contributed by atoms with E-state index in [0.29, 0.717) is 38.5 Å². The highest BCUT2D eigenvalue weighted by molar-refractivity contribution is 6.29. The standard InChI is InChI=1S/C47H68O8/c1-14-16-37(48)54-35-23-20-32(26-36(35)55-38(49)17-15-2)40(50)39-41(51)46(27-33(44(9,10)11)21-18-29(3)4)28-34(22-19-30(5)6)45(12,13)47(42(39)52,43(46)53)25-24-31(7)8/h18-20,23-24,26,33-34,43,51,53H,14-17,21-22,25,27-28H2,1-13H3. The lowest BCUT2D eigenvalue weighted by Gasteiger charge is -2.65. The van der Waals surface area contributed by atoms with Gasteiger partial charge in [-0.05, 0) is 127 Å². The van der Waals surface area contributed by atoms with E-state index in [9.17, 15) is 24.6 Å². The number of aliphatic hydroxyl groups is 2. The summed E-state index contributed by atoms with van der Waals surface area (Å²) in [5.74, 6) is -3.10. The first-order valence-electron chi connectivity index (χ1n) is 20.2. The van der Waals surface area contributed by atoms with E-state index >= 15 is 4.79 Å². The Morgan fingerprint density at radius 1 is 0.873 bits per heavy atom. The molecule has 1 fully saturated rings. The first kappa shape index (κ1) is 45.6. The first-order chi connectivity index (χ1) is 25.5. The number of esters is 2. The molecule has 2 aliphatic carbocycles. The van der Waals surface area contributed by atoms with Crippen molar-refractivity contribution in [3.63, 3.8) is 0 Å². The minimum absolute atomic E-state index is 0.0118. The average Bonchev–Trinajstić information content (AvgIpc) is 3.06. The lowest BCUT2D eigenvalue weighted by molar-refractivity contribution is -0.206. The van der Waals surface area contributed by atoms with Gasteiger partial charge in [-0.15, -0.1) is 0 Å². The molecule has 2 aliphatic rings. The molecule has 2 bridgehead atoms. The fourth-order valence-corrected chi connectivity index (χ4v) is 8.58. The third kappa shape index (κ3) is 9.61. The molecule has 0 aromatic heterocycles. The Labute approximate surface area is 330 Å². The Morgan fingerprint density at radius 3 is 1.93 bits per heavy atom. The minimum atomic E-state index is -1.47. The summed E-state index contributed by atoms with van der Waals surface area (Å²) in [6.07, 6.45) is 8.56. The Bertz CT molecular complexity index is 1740. The van der Waals surface area contributed by atoms with E-state index in [4.69, 9.17) is 9.47 Å². The van der Waals surface area contributed by atoms with Crippen LogP contribution < -0.4 is 9.47 Å². The average molecular weight is 761 g/mol. The van der Waals surface area contributed by atoms with Gasteiger partial charge in [0.15, 0.2) is 23.1 Å². The molecule has 0 aliphatic heterocycles. The number of hydrogen-bond acceptors (Lipinski definition) is 8. The van der Waals surface area contributed by atoms with E-state index in [0.717, 1.165) is 16.7 Å². The number of rotatable bonds is 16. The van der Waals surface area contributed by atoms with Gasteiger partial charge in [0.1, 0.15) is 11.3 Å². The lowest BCUT2D eigenvalue weighted by atomic mass is 9.38. The zero-order valence-corrected chi connectivity index (χ0v) is 35.9. The van der Waals surface area contributed by atoms with Crippen molar-refractivity contribution in [2.24, 2.45) is 33.5 Å². The van der Waals surface area contributed by atoms with E-state index in [2.05, 4.69) is 32.9 Å². The molecular weight excluding hydrogens is 693 g/mol. The first-order valence-corrected chi connectivity index (χ1v) is 20.2. The highest BCUT2D eigenvalue weighted by Gasteiger charge is 2.72. The number of carbonyl (C=O) groups is 4. The normalized spacial score (nSPS) is 23.7. The van der Waals surface area contributed by atoms with Crippen molar-refractivity contribution in [3.05, 3.63) is 70.0 Å². The van der Waals surface area contributed by atoms with E-state index in [1.165, 1.54) is 18.2 Å². The number of hydrogen-bond donors (Lipinski definition) is 2. The fraction of sp³-hybridized carbons (Fsp3) is 0.617. The molecular formula is C47H68O8. The zero-order chi connectivity index (χ0) is 41.7. The molecule has 5 atom stereocenters. The Morgan fingerprint density at radius 2 is 1.42 bits per heavy atom. The highest BCUT2D eigenvalue weighted by Crippen LogP contribution is 2.69. The van der Waals surface area contributed by atoms with E-state index in [1.54, 1.807) is 0 Å². The molecule has 8 nitrogen and oxygen atoms in total. The van der Waals surface area contributed by atoms with Crippen LogP contribution in [0.4, 0.5) is 0 Å². The molecule has 8 heteroatoms. The Hall–Kier alpha value is -3.78. The van der Waals surface area contributed by atoms with Crippen LogP contribution >= 0.6 is 0 Å². The van der Waals surface area contributed by atoms with Crippen molar-refractivity contribution >= 4 is 23.5 Å². The van der Waals surface area contributed by atoms with Crippen molar-refractivity contribution in [1.82, 2.24) is 0 Å². The molecule has 0 amide bonds. The largest absolute Gasteiger partial charge is 0.511 e. The summed E-state index contributed by atoms with van der Waals surface area (Å²) in [5, 5.41) is 25.7. The summed E-state index contributed by atoms with van der Waals surface area (Å²) in [7, 11) is 0. The maximum atomic E-state index is 15.5. The fourth-order valence-electron chi connectivity index (χ4n) is 8.58. The summed E-state index contributed by atoms with van der Waals surface area (Å²) in [4.78, 5) is 55.7. The van der Waals surface area contributed by atoms with Crippen LogP contribution in [0.15, 0.2) is 64.5 Å². The molecule has 0 spiro atoms. The smallest absolute Gasteiger partial charge is 0.311 e. The monoisotopic (exact) mass is 760 g/mol. The molecule has 304 valence electrons. The quantitative estimate of drug-likeness (QED) is 0.0560. The zero-order valence-electron chi connectivity index (χ0n) is 35.9. The topological polar surface area (TPSA) is 127 Å². The van der Waals surface area contributed by atoms with Crippen LogP contribution in [0.5, 0.6) is 11.5 Å². The summed E-state index contributed by atoms with van der Waals surface area (Å²) in [6.45, 7) is 26.3. The second-order valence-electron chi connectivity index (χ2n) is 18.4. The van der Waals surface area contributed by atoms with Crippen molar-refractivity contribution < 1.29 is 38.9 Å². The van der Waals surface area contributed by atoms with Crippen molar-refractivity contribution in [3.8, 4) is 11.5 Å². The molecule has 3 rings (SSSR count). The van der Waals surface area contributed by atoms with Crippen LogP contribution in [-0.4, -0.2) is 39.8 Å². The molecule has 0 radical (unpaired) electrons. The van der Waals surface area contributed by atoms with Crippen LogP contribution in [0.1, 0.15) is 158 Å². The minimum Gasteiger partial charge on any atom is -0.511 e. The van der Waals surface area contributed by atoms with Gasteiger partial charge in [-0.3, -0.25) is 19.2 Å². The summed E-state index contributed by atoms with van der Waals surface area (Å²) >= 11 is 0. The number of aliphatic hydroxyl groups excluding tert-OH is 2. The molecule has 0 saturated heterocycles. The van der Waals surface area contributed by atoms with E-state index in [-0.39, 0.29) is 64.9 Å². The van der Waals surface area contributed by atoms with Crippen LogP contribution in [0.25, 0.3) is 0 Å². The van der Waals surface area contributed by atoms with Gasteiger partial charge in [0.05, 0.1) is 16.9 Å². The van der Waals surface area contributed by atoms with E-state index in [1.807, 2.05) is 75.3 Å². The van der Waals surface area contributed by atoms with Gasteiger partial charge >= 0.3 is 11.9 Å². The van der Waals surface area contributed by atoms with Gasteiger partial charge in [0.25, 0.3) is 0 Å². The van der Waals surface area contributed by atoms with Gasteiger partial charge in [0, 0.05) is 18.4 Å². The number of Topliss-reactive ketones (excluding diaryl/α,β-unsaturated/α-hetero) is 2. The molecule has 1 aromatic rings. The third-order valence-electron chi connectivity index (χ3n) is 12.2. The van der Waals surface area contributed by atoms with Gasteiger partial charge in [-0.1, -0.05) is 83.4 Å². The van der Waals surface area contributed by atoms with E-state index < -0.39 is 45.9 Å². The van der Waals surface area contributed by atoms with Gasteiger partial charge in [-0.25, -0.2) is 0 Å². The number of allylic oxidation sites excluding steroid dienone is 7. The number of benzene rings is 1. The number of ketones is 2. The molecule has 0 heterocycles. The van der Waals surface area contributed by atoms with Crippen LogP contribution in [-0.2, 0) is 14.4 Å². The SMILES string of the molecule is CCCC(=O)Oc1ccc(C(=O)C2=C(O)C3(CC(CC=C(C)C)C(C)(C)C)CC(CC=C(C)C)C(C)(C)C(CC=C(C)C)(C2=O)C3O)cc1OC(=O)CCC. The second kappa shape index (κ2) is 18.0. The number of carbonyl (C=O) groups excluding carboxylic acids is 4. The molecule has 55 heavy (non-hydrogen) atoms. The number of fused-ring (bicyclic) bond motifs is 2. The van der Waals surface area contributed by atoms with Crippen LogP contribution in [0, 0.1) is 33.5 Å². The van der Waals surface area contributed by atoms with Crippen molar-refractivity contribution in [2.75, 3.05) is 0 Å². The van der Waals surface area contributed by atoms with Crippen molar-refractivity contribution in [2.45, 2.75) is 154 Å². The summed E-state index contributed by atoms with van der Waals surface area (Å²) < 4.78 is 11.2. The van der Waals surface area contributed by atoms with Gasteiger partial charge in [0.2, 0.25) is 0 Å². The maximum absolute atomic E-state index is 15.5. The lowest BCUT2D eigenvalue weighted by Crippen LogP contribution is -2.69. The Kier molecular flexibility index (Phi) is 14.9. The summed E-state index contributed by atoms with van der Waals surface area (Å²) in [6, 6.07) is 4.12. The highest BCUT2D eigenvalue weighted by atomic mass is 16.6. The van der Waals surface area contributed by atoms with Crippen LogP contribution in [0.2, 0.25) is 0 Å². The summed E-state index contributed by atoms with van der Waals surface area (Å²) in [5.41, 5.74) is -0.959. The third-order valence-corrected chi connectivity index (χ3v) is 12.2. The molecule has 2 N–H and O–H groups in total. The van der Waals surface area contributed by atoms with Crippen molar-refractivity contribution in [1.29, 1.82) is 0 Å². The van der Waals surface area contributed by atoms with Gasteiger partial charge in [-0.2, -0.15) is 0 Å². The molecule has 1 aromatic carbocycles. The number of ether oxygens (including phenoxy) is 2. The van der Waals surface area contributed by atoms with Crippen LogP contribution in [0.3, 0.4) is 0 Å². The maximum Gasteiger partial charge on any atom is 0.311 e. The predicted molar refractivity (Wildman–Crippen MR) is 219 cm³/mol. The molecule has 1 saturated carbocycles.